The summed E-state index contributed by atoms with van der Waals surface area (Å²) in [6.45, 7) is 7.26. The summed E-state index contributed by atoms with van der Waals surface area (Å²) in [5, 5.41) is 5.71. The minimum Gasteiger partial charge on any atom is -0.489 e. The Morgan fingerprint density at radius 1 is 1.17 bits per heavy atom. The highest BCUT2D eigenvalue weighted by Crippen LogP contribution is 2.19. The summed E-state index contributed by atoms with van der Waals surface area (Å²) in [6, 6.07) is 13.8. The third-order valence-electron chi connectivity index (χ3n) is 4.52. The number of para-hydroxylation sites is 1. The smallest absolute Gasteiger partial charge is 0.255 e. The first-order valence-electron chi connectivity index (χ1n) is 9.70. The minimum atomic E-state index is -0.315. The van der Waals surface area contributed by atoms with E-state index in [2.05, 4.69) is 17.2 Å². The summed E-state index contributed by atoms with van der Waals surface area (Å²) < 4.78 is 11.1. The van der Waals surface area contributed by atoms with Crippen LogP contribution in [0.1, 0.15) is 40.5 Å². The number of hydrogen-bond acceptors (Lipinski definition) is 4. The third kappa shape index (κ3) is 5.93. The quantitative estimate of drug-likeness (QED) is 0.668. The molecule has 2 aromatic rings. The topological polar surface area (TPSA) is 76.7 Å². The molecule has 2 amide bonds. The highest BCUT2D eigenvalue weighted by molar-refractivity contribution is 6.09. The van der Waals surface area contributed by atoms with Gasteiger partial charge in [-0.2, -0.15) is 0 Å². The zero-order chi connectivity index (χ0) is 20.6. The lowest BCUT2D eigenvalue weighted by molar-refractivity contribution is 0.0858. The minimum absolute atomic E-state index is 0.0580. The van der Waals surface area contributed by atoms with Crippen LogP contribution in [0.15, 0.2) is 60.7 Å². The van der Waals surface area contributed by atoms with E-state index in [1.165, 1.54) is 0 Å². The number of carbonyl (C=O) groups is 2. The van der Waals surface area contributed by atoms with Gasteiger partial charge in [-0.1, -0.05) is 24.8 Å². The number of amides is 2. The van der Waals surface area contributed by atoms with Gasteiger partial charge in [-0.3, -0.25) is 9.59 Å². The van der Waals surface area contributed by atoms with Crippen LogP contribution in [0.5, 0.6) is 5.75 Å². The molecule has 0 radical (unpaired) electrons. The lowest BCUT2D eigenvalue weighted by Crippen LogP contribution is -2.32. The van der Waals surface area contributed by atoms with Crippen molar-refractivity contribution in [2.24, 2.45) is 0 Å². The van der Waals surface area contributed by atoms with E-state index in [0.717, 1.165) is 25.0 Å². The Bertz CT molecular complexity index is 888. The predicted octanol–water partition coefficient (Wildman–Crippen LogP) is 3.80. The van der Waals surface area contributed by atoms with Crippen molar-refractivity contribution < 1.29 is 19.1 Å². The van der Waals surface area contributed by atoms with Crippen LogP contribution in [-0.4, -0.2) is 37.7 Å². The SMILES string of the molecule is C=C(C)COc1cccc(C(=O)Nc2ccccc2C(=O)NCC2CCCO2)c1. The normalized spacial score (nSPS) is 15.6. The molecule has 0 bridgehead atoms. The van der Waals surface area contributed by atoms with Crippen LogP contribution in [0.4, 0.5) is 5.69 Å². The molecule has 0 saturated carbocycles. The van der Waals surface area contributed by atoms with Crippen molar-refractivity contribution in [2.45, 2.75) is 25.9 Å². The van der Waals surface area contributed by atoms with E-state index in [-0.39, 0.29) is 17.9 Å². The second-order valence-corrected chi connectivity index (χ2v) is 7.12. The molecule has 152 valence electrons. The van der Waals surface area contributed by atoms with Gasteiger partial charge in [-0.25, -0.2) is 0 Å². The van der Waals surface area contributed by atoms with Gasteiger partial charge in [0.05, 0.1) is 17.4 Å². The monoisotopic (exact) mass is 394 g/mol. The average molecular weight is 394 g/mol. The maximum Gasteiger partial charge on any atom is 0.255 e. The van der Waals surface area contributed by atoms with Crippen molar-refractivity contribution >= 4 is 17.5 Å². The molecule has 1 saturated heterocycles. The molecular weight excluding hydrogens is 368 g/mol. The fraction of sp³-hybridized carbons (Fsp3) is 0.304. The molecule has 6 nitrogen and oxygen atoms in total. The lowest BCUT2D eigenvalue weighted by atomic mass is 10.1. The van der Waals surface area contributed by atoms with Gasteiger partial charge in [0.1, 0.15) is 12.4 Å². The summed E-state index contributed by atoms with van der Waals surface area (Å²) in [5.74, 6) is 0.0309. The van der Waals surface area contributed by atoms with Crippen molar-refractivity contribution in [1.29, 1.82) is 0 Å². The second kappa shape index (κ2) is 9.89. The average Bonchev–Trinajstić information content (AvgIpc) is 3.25. The Kier molecular flexibility index (Phi) is 7.03. The predicted molar refractivity (Wildman–Crippen MR) is 112 cm³/mol. The fourth-order valence-corrected chi connectivity index (χ4v) is 3.03. The van der Waals surface area contributed by atoms with E-state index in [1.54, 1.807) is 48.5 Å². The zero-order valence-corrected chi connectivity index (χ0v) is 16.6. The Morgan fingerprint density at radius 3 is 2.76 bits per heavy atom. The van der Waals surface area contributed by atoms with Crippen LogP contribution in [0.2, 0.25) is 0 Å². The number of carbonyl (C=O) groups excluding carboxylic acids is 2. The van der Waals surface area contributed by atoms with Crippen LogP contribution in [0.3, 0.4) is 0 Å². The molecule has 2 aromatic carbocycles. The Balaban J connectivity index is 1.66. The summed E-state index contributed by atoms with van der Waals surface area (Å²) in [6.07, 6.45) is 2.02. The van der Waals surface area contributed by atoms with Crippen molar-refractivity contribution in [3.63, 3.8) is 0 Å². The molecule has 0 aromatic heterocycles. The molecule has 1 aliphatic rings. The van der Waals surface area contributed by atoms with Gasteiger partial charge in [0, 0.05) is 18.7 Å². The zero-order valence-electron chi connectivity index (χ0n) is 16.6. The standard InChI is InChI=1S/C23H26N2O4/c1-16(2)15-29-18-8-5-7-17(13-18)22(26)25-21-11-4-3-10-20(21)23(27)24-14-19-9-6-12-28-19/h3-5,7-8,10-11,13,19H,1,6,9,12,14-15H2,2H3,(H,24,27)(H,25,26). The Hall–Kier alpha value is -3.12. The maximum absolute atomic E-state index is 12.7. The van der Waals surface area contributed by atoms with Crippen molar-refractivity contribution in [3.8, 4) is 5.75 Å². The van der Waals surface area contributed by atoms with E-state index < -0.39 is 0 Å². The number of anilines is 1. The fourth-order valence-electron chi connectivity index (χ4n) is 3.03. The molecule has 0 spiro atoms. The summed E-state index contributed by atoms with van der Waals surface area (Å²) >= 11 is 0. The van der Waals surface area contributed by atoms with Gasteiger partial charge in [0.25, 0.3) is 11.8 Å². The van der Waals surface area contributed by atoms with Crippen LogP contribution < -0.4 is 15.4 Å². The molecule has 2 N–H and O–H groups in total. The van der Waals surface area contributed by atoms with Gasteiger partial charge < -0.3 is 20.1 Å². The number of nitrogens with one attached hydrogen (secondary N) is 2. The number of rotatable bonds is 8. The molecule has 6 heteroatoms. The first kappa shape index (κ1) is 20.6. The highest BCUT2D eigenvalue weighted by Gasteiger charge is 2.18. The molecular formula is C23H26N2O4. The molecule has 3 rings (SSSR count). The molecule has 1 unspecified atom stereocenters. The Labute approximate surface area is 170 Å². The van der Waals surface area contributed by atoms with Crippen molar-refractivity contribution in [3.05, 3.63) is 71.8 Å². The van der Waals surface area contributed by atoms with Gasteiger partial charge in [-0.15, -0.1) is 0 Å². The molecule has 1 heterocycles. The number of benzene rings is 2. The van der Waals surface area contributed by atoms with Gasteiger partial charge in [0.15, 0.2) is 0 Å². The largest absolute Gasteiger partial charge is 0.489 e. The molecule has 29 heavy (non-hydrogen) atoms. The van der Waals surface area contributed by atoms with Crippen molar-refractivity contribution in [2.75, 3.05) is 25.1 Å². The molecule has 1 fully saturated rings. The number of ether oxygens (including phenoxy) is 2. The van der Waals surface area contributed by atoms with Gasteiger partial charge in [-0.05, 0) is 55.7 Å². The molecule has 1 atom stereocenters. The van der Waals surface area contributed by atoms with Crippen LogP contribution in [0.25, 0.3) is 0 Å². The summed E-state index contributed by atoms with van der Waals surface area (Å²) in [7, 11) is 0. The van der Waals surface area contributed by atoms with E-state index >= 15 is 0 Å². The van der Waals surface area contributed by atoms with Crippen LogP contribution in [-0.2, 0) is 4.74 Å². The Morgan fingerprint density at radius 2 is 2.00 bits per heavy atom. The van der Waals surface area contributed by atoms with Crippen LogP contribution >= 0.6 is 0 Å². The first-order valence-corrected chi connectivity index (χ1v) is 9.70. The second-order valence-electron chi connectivity index (χ2n) is 7.12. The summed E-state index contributed by atoms with van der Waals surface area (Å²) in [4.78, 5) is 25.3. The van der Waals surface area contributed by atoms with Gasteiger partial charge >= 0.3 is 0 Å². The molecule has 0 aliphatic carbocycles. The van der Waals surface area contributed by atoms with E-state index in [9.17, 15) is 9.59 Å². The third-order valence-corrected chi connectivity index (χ3v) is 4.52. The maximum atomic E-state index is 12.7. The van der Waals surface area contributed by atoms with E-state index in [4.69, 9.17) is 9.47 Å². The van der Waals surface area contributed by atoms with E-state index in [1.807, 2.05) is 6.92 Å². The number of hydrogen-bond donors (Lipinski definition) is 2. The highest BCUT2D eigenvalue weighted by atomic mass is 16.5. The van der Waals surface area contributed by atoms with Crippen LogP contribution in [0, 0.1) is 0 Å². The van der Waals surface area contributed by atoms with Gasteiger partial charge in [0.2, 0.25) is 0 Å². The first-order chi connectivity index (χ1) is 14.0. The molecule has 1 aliphatic heterocycles. The van der Waals surface area contributed by atoms with Crippen molar-refractivity contribution in [1.82, 2.24) is 5.32 Å². The lowest BCUT2D eigenvalue weighted by Gasteiger charge is -2.14. The van der Waals surface area contributed by atoms with E-state index in [0.29, 0.717) is 35.7 Å². The summed E-state index contributed by atoms with van der Waals surface area (Å²) in [5.41, 5.74) is 2.20.